The highest BCUT2D eigenvalue weighted by Gasteiger charge is 2.03. The fourth-order valence-electron chi connectivity index (χ4n) is 1.18. The number of aliphatic hydroxyl groups excluding tert-OH is 1. The van der Waals surface area contributed by atoms with E-state index in [0.717, 1.165) is 4.47 Å². The number of benzene rings is 1. The zero-order valence-corrected chi connectivity index (χ0v) is 8.93. The monoisotopic (exact) mass is 228 g/mol. The summed E-state index contributed by atoms with van der Waals surface area (Å²) in [6, 6.07) is 6.17. The Balaban J connectivity index is 2.90. The van der Waals surface area contributed by atoms with Crippen LogP contribution < -0.4 is 0 Å². The normalized spacial score (nSPS) is 13.0. The number of hydrogen-bond donors (Lipinski definition) is 1. The lowest BCUT2D eigenvalue weighted by atomic mass is 10.1. The van der Waals surface area contributed by atoms with Gasteiger partial charge in [0.1, 0.15) is 0 Å². The molecule has 1 atom stereocenters. The number of hydrogen-bond acceptors (Lipinski definition) is 1. The van der Waals surface area contributed by atoms with E-state index in [9.17, 15) is 5.11 Å². The summed E-state index contributed by atoms with van der Waals surface area (Å²) in [5, 5.41) is 9.20. The first-order chi connectivity index (χ1) is 5.59. The molecule has 0 heterocycles. The van der Waals surface area contributed by atoms with Crippen LogP contribution in [-0.4, -0.2) is 11.2 Å². The topological polar surface area (TPSA) is 20.2 Å². The van der Waals surface area contributed by atoms with Crippen LogP contribution in [0.4, 0.5) is 0 Å². The fourth-order valence-corrected chi connectivity index (χ4v) is 1.59. The molecule has 1 nitrogen and oxygen atoms in total. The predicted molar refractivity (Wildman–Crippen MR) is 54.3 cm³/mol. The standard InChI is InChI=1S/C10H13BrO/c1-7-3-4-10(11)9(5-7)6-8(2)12/h3-5,8,12H,6H2,1-2H3/t8-/m0/s1. The number of halogens is 1. The molecule has 0 aliphatic heterocycles. The quantitative estimate of drug-likeness (QED) is 0.826. The molecule has 66 valence electrons. The van der Waals surface area contributed by atoms with Crippen LogP contribution in [0.1, 0.15) is 18.1 Å². The molecular weight excluding hydrogens is 216 g/mol. The summed E-state index contributed by atoms with van der Waals surface area (Å²) in [6.45, 7) is 3.85. The summed E-state index contributed by atoms with van der Waals surface area (Å²) < 4.78 is 1.08. The van der Waals surface area contributed by atoms with Gasteiger partial charge in [-0.2, -0.15) is 0 Å². The van der Waals surface area contributed by atoms with Crippen molar-refractivity contribution in [3.63, 3.8) is 0 Å². The second-order valence-corrected chi connectivity index (χ2v) is 4.00. The van der Waals surface area contributed by atoms with Gasteiger partial charge in [0.25, 0.3) is 0 Å². The maximum Gasteiger partial charge on any atom is 0.0552 e. The Hall–Kier alpha value is -0.340. The summed E-state index contributed by atoms with van der Waals surface area (Å²) in [7, 11) is 0. The zero-order valence-electron chi connectivity index (χ0n) is 7.34. The van der Waals surface area contributed by atoms with Gasteiger partial charge in [-0.3, -0.25) is 0 Å². The van der Waals surface area contributed by atoms with Gasteiger partial charge < -0.3 is 5.11 Å². The lowest BCUT2D eigenvalue weighted by Crippen LogP contribution is -2.04. The molecular formula is C10H13BrO. The van der Waals surface area contributed by atoms with Crippen molar-refractivity contribution in [3.8, 4) is 0 Å². The van der Waals surface area contributed by atoms with Crippen LogP contribution in [0.2, 0.25) is 0 Å². The third kappa shape index (κ3) is 2.61. The van der Waals surface area contributed by atoms with Crippen molar-refractivity contribution in [2.75, 3.05) is 0 Å². The minimum absolute atomic E-state index is 0.275. The Kier molecular flexibility index (Phi) is 3.29. The van der Waals surface area contributed by atoms with Crippen molar-refractivity contribution in [1.82, 2.24) is 0 Å². The molecule has 0 saturated heterocycles. The summed E-state index contributed by atoms with van der Waals surface area (Å²) in [4.78, 5) is 0. The van der Waals surface area contributed by atoms with Crippen molar-refractivity contribution in [2.45, 2.75) is 26.4 Å². The van der Waals surface area contributed by atoms with E-state index in [1.54, 1.807) is 6.92 Å². The van der Waals surface area contributed by atoms with Crippen LogP contribution >= 0.6 is 15.9 Å². The van der Waals surface area contributed by atoms with Gasteiger partial charge in [0.2, 0.25) is 0 Å². The maximum atomic E-state index is 9.20. The molecule has 0 aliphatic carbocycles. The van der Waals surface area contributed by atoms with Gasteiger partial charge in [0.15, 0.2) is 0 Å². The lowest BCUT2D eigenvalue weighted by molar-refractivity contribution is 0.195. The largest absolute Gasteiger partial charge is 0.393 e. The van der Waals surface area contributed by atoms with Gasteiger partial charge in [-0.15, -0.1) is 0 Å². The Morgan fingerprint density at radius 3 is 2.75 bits per heavy atom. The number of rotatable bonds is 2. The highest BCUT2D eigenvalue weighted by molar-refractivity contribution is 9.10. The fraction of sp³-hybridized carbons (Fsp3) is 0.400. The van der Waals surface area contributed by atoms with Crippen LogP contribution in [0.15, 0.2) is 22.7 Å². The van der Waals surface area contributed by atoms with Crippen LogP contribution in [0.25, 0.3) is 0 Å². The van der Waals surface area contributed by atoms with Crippen molar-refractivity contribution in [1.29, 1.82) is 0 Å². The molecule has 0 saturated carbocycles. The van der Waals surface area contributed by atoms with Gasteiger partial charge >= 0.3 is 0 Å². The average Bonchev–Trinajstić information content (AvgIpc) is 1.96. The molecule has 2 heteroatoms. The molecule has 0 aliphatic rings. The average molecular weight is 229 g/mol. The minimum atomic E-state index is -0.275. The lowest BCUT2D eigenvalue weighted by Gasteiger charge is -2.07. The third-order valence-corrected chi connectivity index (χ3v) is 2.49. The molecule has 0 unspecified atom stereocenters. The van der Waals surface area contributed by atoms with Crippen molar-refractivity contribution < 1.29 is 5.11 Å². The van der Waals surface area contributed by atoms with Gasteiger partial charge in [0.05, 0.1) is 6.10 Å². The smallest absolute Gasteiger partial charge is 0.0552 e. The first-order valence-corrected chi connectivity index (χ1v) is 4.82. The van der Waals surface area contributed by atoms with Crippen LogP contribution in [0.5, 0.6) is 0 Å². The van der Waals surface area contributed by atoms with Gasteiger partial charge in [-0.1, -0.05) is 33.6 Å². The molecule has 0 fully saturated rings. The van der Waals surface area contributed by atoms with E-state index >= 15 is 0 Å². The van der Waals surface area contributed by atoms with Gasteiger partial charge in [-0.25, -0.2) is 0 Å². The summed E-state index contributed by atoms with van der Waals surface area (Å²) in [5.41, 5.74) is 2.40. The molecule has 0 aromatic heterocycles. The van der Waals surface area contributed by atoms with E-state index in [0.29, 0.717) is 6.42 Å². The summed E-state index contributed by atoms with van der Waals surface area (Å²) >= 11 is 3.45. The van der Waals surface area contributed by atoms with E-state index in [-0.39, 0.29) is 6.10 Å². The Morgan fingerprint density at radius 1 is 1.50 bits per heavy atom. The molecule has 0 bridgehead atoms. The molecule has 0 radical (unpaired) electrons. The highest BCUT2D eigenvalue weighted by atomic mass is 79.9. The molecule has 0 spiro atoms. The SMILES string of the molecule is Cc1ccc(Br)c(C[C@H](C)O)c1. The zero-order chi connectivity index (χ0) is 9.14. The third-order valence-electron chi connectivity index (χ3n) is 1.72. The molecule has 1 rings (SSSR count). The molecule has 0 amide bonds. The van der Waals surface area contributed by atoms with Crippen molar-refractivity contribution in [3.05, 3.63) is 33.8 Å². The molecule has 1 aromatic rings. The Bertz CT molecular complexity index is 269. The van der Waals surface area contributed by atoms with Crippen LogP contribution in [0.3, 0.4) is 0 Å². The Labute approximate surface area is 81.6 Å². The second kappa shape index (κ2) is 4.06. The van der Waals surface area contributed by atoms with Gasteiger partial charge in [0, 0.05) is 4.47 Å². The molecule has 12 heavy (non-hydrogen) atoms. The first kappa shape index (κ1) is 9.75. The first-order valence-electron chi connectivity index (χ1n) is 4.02. The van der Waals surface area contributed by atoms with E-state index < -0.39 is 0 Å². The minimum Gasteiger partial charge on any atom is -0.393 e. The summed E-state index contributed by atoms with van der Waals surface area (Å²) in [5.74, 6) is 0. The van der Waals surface area contributed by atoms with E-state index in [2.05, 4.69) is 35.0 Å². The van der Waals surface area contributed by atoms with E-state index in [1.165, 1.54) is 11.1 Å². The maximum absolute atomic E-state index is 9.20. The van der Waals surface area contributed by atoms with Gasteiger partial charge in [-0.05, 0) is 31.9 Å². The molecule has 1 N–H and O–H groups in total. The predicted octanol–water partition coefficient (Wildman–Crippen LogP) is 2.68. The number of aliphatic hydroxyl groups is 1. The van der Waals surface area contributed by atoms with Crippen molar-refractivity contribution >= 4 is 15.9 Å². The highest BCUT2D eigenvalue weighted by Crippen LogP contribution is 2.19. The van der Waals surface area contributed by atoms with Crippen LogP contribution in [0, 0.1) is 6.92 Å². The van der Waals surface area contributed by atoms with E-state index in [1.807, 2.05) is 6.07 Å². The van der Waals surface area contributed by atoms with Crippen molar-refractivity contribution in [2.24, 2.45) is 0 Å². The second-order valence-electron chi connectivity index (χ2n) is 3.15. The Morgan fingerprint density at radius 2 is 2.17 bits per heavy atom. The number of aryl methyl sites for hydroxylation is 1. The van der Waals surface area contributed by atoms with E-state index in [4.69, 9.17) is 0 Å². The van der Waals surface area contributed by atoms with Crippen LogP contribution in [-0.2, 0) is 6.42 Å². The molecule has 1 aromatic carbocycles. The summed E-state index contributed by atoms with van der Waals surface area (Å²) in [6.07, 6.45) is 0.436.